The highest BCUT2D eigenvalue weighted by molar-refractivity contribution is 7.27. The Morgan fingerprint density at radius 2 is 1.37 bits per heavy atom. The number of rotatable bonds is 2. The van der Waals surface area contributed by atoms with E-state index in [0.717, 1.165) is 0 Å². The number of aromatic amines is 1. The SMILES string of the molecule is c1cc(-c2ccc(-c3cccc4c3sc3ccccc34)s2)c2[nH]ccc2c1. The molecule has 0 unspecified atom stereocenters. The summed E-state index contributed by atoms with van der Waals surface area (Å²) in [5, 5.41) is 3.97. The summed E-state index contributed by atoms with van der Waals surface area (Å²) in [7, 11) is 0. The van der Waals surface area contributed by atoms with Gasteiger partial charge in [-0.1, -0.05) is 54.6 Å². The van der Waals surface area contributed by atoms with Gasteiger partial charge < -0.3 is 4.98 Å². The van der Waals surface area contributed by atoms with Crippen molar-refractivity contribution in [3.63, 3.8) is 0 Å². The summed E-state index contributed by atoms with van der Waals surface area (Å²) in [5.41, 5.74) is 3.83. The molecule has 6 aromatic rings. The molecule has 3 heterocycles. The first-order chi connectivity index (χ1) is 13.4. The van der Waals surface area contributed by atoms with Gasteiger partial charge in [0.25, 0.3) is 0 Å². The van der Waals surface area contributed by atoms with Crippen molar-refractivity contribution in [2.75, 3.05) is 0 Å². The lowest BCUT2D eigenvalue weighted by Crippen LogP contribution is -1.75. The number of para-hydroxylation sites is 1. The molecule has 0 bridgehead atoms. The minimum atomic E-state index is 1.21. The first kappa shape index (κ1) is 15.2. The van der Waals surface area contributed by atoms with Gasteiger partial charge in [-0.2, -0.15) is 0 Å². The quantitative estimate of drug-likeness (QED) is 0.313. The van der Waals surface area contributed by atoms with Gasteiger partial charge in [-0.3, -0.25) is 0 Å². The number of H-pyrrole nitrogens is 1. The number of hydrogen-bond donors (Lipinski definition) is 1. The lowest BCUT2D eigenvalue weighted by molar-refractivity contribution is 1.48. The van der Waals surface area contributed by atoms with Crippen LogP contribution in [0, 0.1) is 0 Å². The lowest BCUT2D eigenvalue weighted by atomic mass is 10.1. The van der Waals surface area contributed by atoms with Crippen LogP contribution in [0.25, 0.3) is 52.0 Å². The zero-order valence-electron chi connectivity index (χ0n) is 14.4. The zero-order chi connectivity index (χ0) is 17.8. The third-order valence-corrected chi connectivity index (χ3v) is 7.50. The molecule has 0 aliphatic carbocycles. The fraction of sp³-hybridized carbons (Fsp3) is 0. The predicted octanol–water partition coefficient (Wildman–Crippen LogP) is 7.93. The van der Waals surface area contributed by atoms with E-state index in [9.17, 15) is 0 Å². The zero-order valence-corrected chi connectivity index (χ0v) is 16.0. The summed E-state index contributed by atoms with van der Waals surface area (Å²) in [6, 6.07) is 28.5. The van der Waals surface area contributed by atoms with Crippen LogP contribution in [-0.2, 0) is 0 Å². The van der Waals surface area contributed by atoms with Crippen LogP contribution in [-0.4, -0.2) is 4.98 Å². The summed E-state index contributed by atoms with van der Waals surface area (Å²) < 4.78 is 2.73. The Morgan fingerprint density at radius 1 is 0.593 bits per heavy atom. The third-order valence-electron chi connectivity index (χ3n) is 5.13. The molecule has 128 valence electrons. The van der Waals surface area contributed by atoms with Crippen LogP contribution in [0.1, 0.15) is 0 Å². The van der Waals surface area contributed by atoms with Crippen molar-refractivity contribution in [3.8, 4) is 20.9 Å². The van der Waals surface area contributed by atoms with Gasteiger partial charge in [0.15, 0.2) is 0 Å². The number of thiophene rings is 2. The van der Waals surface area contributed by atoms with Crippen LogP contribution in [0.15, 0.2) is 85.1 Å². The standard InChI is InChI=1S/C24H15NS2/c1-2-10-20-16(6-1)17-7-4-9-19(24(17)27-20)22-12-11-21(26-22)18-8-3-5-15-13-14-25-23(15)18/h1-14,25H. The van der Waals surface area contributed by atoms with Crippen LogP contribution in [0.2, 0.25) is 0 Å². The maximum Gasteiger partial charge on any atom is 0.0541 e. The minimum absolute atomic E-state index is 1.21. The second-order valence-electron chi connectivity index (χ2n) is 6.69. The second kappa shape index (κ2) is 5.81. The normalized spacial score (nSPS) is 11.7. The molecule has 27 heavy (non-hydrogen) atoms. The topological polar surface area (TPSA) is 15.8 Å². The molecule has 6 rings (SSSR count). The monoisotopic (exact) mass is 381 g/mol. The molecule has 0 atom stereocenters. The molecule has 1 N–H and O–H groups in total. The molecule has 0 amide bonds. The maximum atomic E-state index is 3.39. The molecular formula is C24H15NS2. The summed E-state index contributed by atoms with van der Waals surface area (Å²) in [5.74, 6) is 0. The highest BCUT2D eigenvalue weighted by Gasteiger charge is 2.13. The number of aromatic nitrogens is 1. The molecule has 3 aromatic carbocycles. The lowest BCUT2D eigenvalue weighted by Gasteiger charge is -2.01. The van der Waals surface area contributed by atoms with Crippen LogP contribution in [0.5, 0.6) is 0 Å². The summed E-state index contributed by atoms with van der Waals surface area (Å²) >= 11 is 3.76. The van der Waals surface area contributed by atoms with Gasteiger partial charge in [-0.05, 0) is 24.3 Å². The van der Waals surface area contributed by atoms with Crippen LogP contribution < -0.4 is 0 Å². The van der Waals surface area contributed by atoms with E-state index in [-0.39, 0.29) is 0 Å². The van der Waals surface area contributed by atoms with E-state index in [1.165, 1.54) is 52.0 Å². The summed E-state index contributed by atoms with van der Waals surface area (Å²) in [4.78, 5) is 6.02. The Bertz CT molecular complexity index is 1430. The van der Waals surface area contributed by atoms with Crippen molar-refractivity contribution >= 4 is 53.7 Å². The van der Waals surface area contributed by atoms with E-state index in [4.69, 9.17) is 0 Å². The molecule has 3 heteroatoms. The van der Waals surface area contributed by atoms with Crippen molar-refractivity contribution < 1.29 is 0 Å². The average Bonchev–Trinajstić information content (AvgIpc) is 3.44. The van der Waals surface area contributed by atoms with Gasteiger partial charge in [0.1, 0.15) is 0 Å². The third kappa shape index (κ3) is 2.29. The van der Waals surface area contributed by atoms with E-state index in [2.05, 4.69) is 83.8 Å². The molecule has 0 aliphatic rings. The molecule has 0 fully saturated rings. The predicted molar refractivity (Wildman–Crippen MR) is 120 cm³/mol. The van der Waals surface area contributed by atoms with E-state index >= 15 is 0 Å². The van der Waals surface area contributed by atoms with Crippen LogP contribution in [0.3, 0.4) is 0 Å². The number of hydrogen-bond acceptors (Lipinski definition) is 2. The van der Waals surface area contributed by atoms with E-state index < -0.39 is 0 Å². The molecule has 0 saturated carbocycles. The maximum absolute atomic E-state index is 3.39. The highest BCUT2D eigenvalue weighted by Crippen LogP contribution is 2.43. The minimum Gasteiger partial charge on any atom is -0.361 e. The van der Waals surface area contributed by atoms with E-state index in [1.807, 2.05) is 28.9 Å². The van der Waals surface area contributed by atoms with Gasteiger partial charge in [-0.15, -0.1) is 22.7 Å². The van der Waals surface area contributed by atoms with E-state index in [0.29, 0.717) is 0 Å². The molecule has 0 saturated heterocycles. The highest BCUT2D eigenvalue weighted by atomic mass is 32.1. The Kier molecular flexibility index (Phi) is 3.27. The molecule has 0 aliphatic heterocycles. The fourth-order valence-corrected chi connectivity index (χ4v) is 6.22. The Morgan fingerprint density at radius 3 is 2.33 bits per heavy atom. The molecule has 1 nitrogen and oxygen atoms in total. The van der Waals surface area contributed by atoms with Gasteiger partial charge in [0, 0.05) is 52.6 Å². The average molecular weight is 382 g/mol. The Balaban J connectivity index is 1.56. The van der Waals surface area contributed by atoms with E-state index in [1.54, 1.807) is 0 Å². The van der Waals surface area contributed by atoms with Crippen LogP contribution >= 0.6 is 22.7 Å². The molecule has 0 radical (unpaired) electrons. The molecule has 0 spiro atoms. The largest absolute Gasteiger partial charge is 0.361 e. The summed E-state index contributed by atoms with van der Waals surface area (Å²) in [6.45, 7) is 0. The number of benzene rings is 3. The second-order valence-corrected chi connectivity index (χ2v) is 8.83. The first-order valence-corrected chi connectivity index (χ1v) is 10.6. The number of nitrogens with one attached hydrogen (secondary N) is 1. The van der Waals surface area contributed by atoms with Crippen LogP contribution in [0.4, 0.5) is 0 Å². The molecular weight excluding hydrogens is 366 g/mol. The van der Waals surface area contributed by atoms with Crippen molar-refractivity contribution in [2.24, 2.45) is 0 Å². The summed E-state index contributed by atoms with van der Waals surface area (Å²) in [6.07, 6.45) is 2.01. The van der Waals surface area contributed by atoms with Gasteiger partial charge in [0.05, 0.1) is 5.52 Å². The molecule has 3 aromatic heterocycles. The fourth-order valence-electron chi connectivity index (χ4n) is 3.86. The smallest absolute Gasteiger partial charge is 0.0541 e. The van der Waals surface area contributed by atoms with Crippen molar-refractivity contribution in [1.29, 1.82) is 0 Å². The van der Waals surface area contributed by atoms with Crippen molar-refractivity contribution in [2.45, 2.75) is 0 Å². The number of fused-ring (bicyclic) bond motifs is 4. The van der Waals surface area contributed by atoms with Crippen molar-refractivity contribution in [1.82, 2.24) is 4.98 Å². The Hall–Kier alpha value is -2.88. The van der Waals surface area contributed by atoms with Gasteiger partial charge in [0.2, 0.25) is 0 Å². The van der Waals surface area contributed by atoms with Crippen molar-refractivity contribution in [3.05, 3.63) is 85.1 Å². The van der Waals surface area contributed by atoms with Gasteiger partial charge >= 0.3 is 0 Å². The first-order valence-electron chi connectivity index (χ1n) is 8.95. The Labute approximate surface area is 164 Å². The van der Waals surface area contributed by atoms with Gasteiger partial charge in [-0.25, -0.2) is 0 Å².